The number of hydrogen-bond donors (Lipinski definition) is 0. The van der Waals surface area contributed by atoms with Crippen molar-refractivity contribution in [2.75, 3.05) is 9.80 Å². The summed E-state index contributed by atoms with van der Waals surface area (Å²) in [5, 5.41) is 26.3. The molecule has 0 bridgehead atoms. The molecule has 0 heterocycles. The molecule has 0 saturated heterocycles. The van der Waals surface area contributed by atoms with Gasteiger partial charge in [0.25, 0.3) is 0 Å². The van der Waals surface area contributed by atoms with Crippen molar-refractivity contribution in [1.29, 1.82) is 10.5 Å². The van der Waals surface area contributed by atoms with E-state index < -0.39 is 0 Å². The third-order valence-electron chi connectivity index (χ3n) is 11.6. The Hall–Kier alpha value is -7.66. The summed E-state index contributed by atoms with van der Waals surface area (Å²) in [7, 11) is 0. The predicted octanol–water partition coefficient (Wildman–Crippen LogP) is 14.1. The smallest absolute Gasteiger partial charge is 0.0991 e. The molecule has 1 aliphatic rings. The molecule has 1 aliphatic carbocycles. The fourth-order valence-corrected chi connectivity index (χ4v) is 8.75. The molecule has 0 atom stereocenters. The van der Waals surface area contributed by atoms with Crippen molar-refractivity contribution in [1.82, 2.24) is 0 Å². The van der Waals surface area contributed by atoms with Gasteiger partial charge in [0.15, 0.2) is 0 Å². The van der Waals surface area contributed by atoms with Crippen LogP contribution in [0.15, 0.2) is 182 Å². The number of fused-ring (bicyclic) bond motifs is 7. The highest BCUT2D eigenvalue weighted by Crippen LogP contribution is 2.56. The van der Waals surface area contributed by atoms with Gasteiger partial charge in [-0.05, 0) is 140 Å². The van der Waals surface area contributed by atoms with Gasteiger partial charge in [-0.2, -0.15) is 10.5 Å². The summed E-state index contributed by atoms with van der Waals surface area (Å²) < 4.78 is 0. The highest BCUT2D eigenvalue weighted by atomic mass is 15.1. The third-order valence-corrected chi connectivity index (χ3v) is 11.6. The van der Waals surface area contributed by atoms with Gasteiger partial charge in [0.05, 0.1) is 29.0 Å². The van der Waals surface area contributed by atoms with Crippen molar-refractivity contribution < 1.29 is 0 Å². The lowest BCUT2D eigenvalue weighted by Crippen LogP contribution is -2.18. The van der Waals surface area contributed by atoms with E-state index in [2.05, 4.69) is 169 Å². The van der Waals surface area contributed by atoms with E-state index in [1.165, 1.54) is 43.8 Å². The average molecular weight is 729 g/mol. The van der Waals surface area contributed by atoms with Crippen molar-refractivity contribution in [2.45, 2.75) is 19.3 Å². The van der Waals surface area contributed by atoms with Crippen LogP contribution < -0.4 is 9.80 Å². The van der Waals surface area contributed by atoms with Crippen molar-refractivity contribution in [2.24, 2.45) is 0 Å². The molecular weight excluding hydrogens is 693 g/mol. The first-order valence-electron chi connectivity index (χ1n) is 19.2. The topological polar surface area (TPSA) is 54.1 Å². The maximum absolute atomic E-state index is 9.68. The molecule has 57 heavy (non-hydrogen) atoms. The number of hydrogen-bond acceptors (Lipinski definition) is 4. The molecule has 0 N–H and O–H groups in total. The largest absolute Gasteiger partial charge is 0.310 e. The summed E-state index contributed by atoms with van der Waals surface area (Å²) in [6, 6.07) is 68.5. The lowest BCUT2D eigenvalue weighted by Gasteiger charge is -2.30. The van der Waals surface area contributed by atoms with Crippen LogP contribution in [0.5, 0.6) is 0 Å². The van der Waals surface area contributed by atoms with Gasteiger partial charge in [0.1, 0.15) is 0 Å². The zero-order valence-electron chi connectivity index (χ0n) is 31.6. The molecule has 268 valence electrons. The average Bonchev–Trinajstić information content (AvgIpc) is 3.49. The Kier molecular flexibility index (Phi) is 7.89. The van der Waals surface area contributed by atoms with Gasteiger partial charge < -0.3 is 9.80 Å². The number of nitrogens with zero attached hydrogens (tertiary/aromatic N) is 4. The van der Waals surface area contributed by atoms with E-state index in [9.17, 15) is 10.5 Å². The first kappa shape index (κ1) is 33.9. The summed E-state index contributed by atoms with van der Waals surface area (Å²) in [5.74, 6) is 0. The molecule has 0 radical (unpaired) electrons. The van der Waals surface area contributed by atoms with Crippen molar-refractivity contribution in [3.8, 4) is 23.3 Å². The summed E-state index contributed by atoms with van der Waals surface area (Å²) >= 11 is 0. The second kappa shape index (κ2) is 13.3. The van der Waals surface area contributed by atoms with E-state index in [0.29, 0.717) is 11.1 Å². The minimum absolute atomic E-state index is 0.348. The molecular formula is C53H36N4. The Labute approximate surface area is 332 Å². The monoisotopic (exact) mass is 728 g/mol. The van der Waals surface area contributed by atoms with Crippen LogP contribution in [0.4, 0.5) is 34.1 Å². The third kappa shape index (κ3) is 5.58. The standard InChI is InChI=1S/C53H36N4/c1-53(2)49-31-45(56(41-21-15-35(33-54)16-22-41)43-25-19-37-9-3-5-11-39(37)29-43)27-28-48(49)52-47-14-8-7-13-46(47)51(32-50(52)53)57(42-23-17-36(34-55)18-24-42)44-26-20-38-10-4-6-12-40(38)30-44/h3-32H,1-2H3. The van der Waals surface area contributed by atoms with Crippen LogP contribution in [-0.4, -0.2) is 0 Å². The molecule has 9 aromatic carbocycles. The summed E-state index contributed by atoms with van der Waals surface area (Å²) in [6.45, 7) is 4.67. The summed E-state index contributed by atoms with van der Waals surface area (Å²) in [6.07, 6.45) is 0. The van der Waals surface area contributed by atoms with Crippen LogP contribution in [0.25, 0.3) is 43.4 Å². The van der Waals surface area contributed by atoms with E-state index in [1.54, 1.807) is 0 Å². The molecule has 0 fully saturated rings. The van der Waals surface area contributed by atoms with Crippen LogP contribution in [-0.2, 0) is 5.41 Å². The Balaban J connectivity index is 1.17. The Morgan fingerprint density at radius 1 is 0.404 bits per heavy atom. The summed E-state index contributed by atoms with van der Waals surface area (Å²) in [5.41, 5.74) is 12.1. The first-order chi connectivity index (χ1) is 27.9. The maximum Gasteiger partial charge on any atom is 0.0991 e. The second-order valence-corrected chi connectivity index (χ2v) is 15.3. The van der Waals surface area contributed by atoms with E-state index in [4.69, 9.17) is 0 Å². The minimum Gasteiger partial charge on any atom is -0.310 e. The minimum atomic E-state index is -0.348. The van der Waals surface area contributed by atoms with Gasteiger partial charge in [0, 0.05) is 39.2 Å². The highest BCUT2D eigenvalue weighted by Gasteiger charge is 2.38. The number of nitriles is 2. The molecule has 0 aromatic heterocycles. The van der Waals surface area contributed by atoms with Gasteiger partial charge in [-0.3, -0.25) is 0 Å². The van der Waals surface area contributed by atoms with E-state index in [0.717, 1.165) is 44.9 Å². The quantitative estimate of drug-likeness (QED) is 0.171. The normalized spacial score (nSPS) is 12.5. The SMILES string of the molecule is CC1(C)c2cc(N(c3ccc(C#N)cc3)c3ccc4ccccc4c3)ccc2-c2c1cc(N(c1ccc(C#N)cc1)c1ccc3ccccc3c1)c1ccccc21. The molecule has 0 unspecified atom stereocenters. The first-order valence-corrected chi connectivity index (χ1v) is 19.2. The van der Waals surface area contributed by atoms with E-state index >= 15 is 0 Å². The molecule has 0 spiro atoms. The highest BCUT2D eigenvalue weighted by molar-refractivity contribution is 6.10. The van der Waals surface area contributed by atoms with Crippen LogP contribution in [0.3, 0.4) is 0 Å². The number of anilines is 6. The van der Waals surface area contributed by atoms with Crippen LogP contribution in [0.2, 0.25) is 0 Å². The van der Waals surface area contributed by atoms with Crippen LogP contribution in [0.1, 0.15) is 36.1 Å². The van der Waals surface area contributed by atoms with Crippen LogP contribution >= 0.6 is 0 Å². The number of rotatable bonds is 6. The lowest BCUT2D eigenvalue weighted by molar-refractivity contribution is 0.661. The van der Waals surface area contributed by atoms with Crippen molar-refractivity contribution in [3.05, 3.63) is 204 Å². The predicted molar refractivity (Wildman–Crippen MR) is 235 cm³/mol. The van der Waals surface area contributed by atoms with Gasteiger partial charge in [-0.1, -0.05) is 105 Å². The number of benzene rings is 9. The molecule has 10 rings (SSSR count). The molecule has 0 saturated carbocycles. The van der Waals surface area contributed by atoms with Gasteiger partial charge in [0.2, 0.25) is 0 Å². The van der Waals surface area contributed by atoms with E-state index in [1.807, 2.05) is 48.5 Å². The van der Waals surface area contributed by atoms with E-state index in [-0.39, 0.29) is 5.41 Å². The molecule has 0 aliphatic heterocycles. The molecule has 9 aromatic rings. The second-order valence-electron chi connectivity index (χ2n) is 15.3. The molecule has 4 nitrogen and oxygen atoms in total. The molecule has 0 amide bonds. The van der Waals surface area contributed by atoms with Gasteiger partial charge in [-0.25, -0.2) is 0 Å². The Morgan fingerprint density at radius 3 is 1.44 bits per heavy atom. The van der Waals surface area contributed by atoms with Gasteiger partial charge >= 0.3 is 0 Å². The van der Waals surface area contributed by atoms with Gasteiger partial charge in [-0.15, -0.1) is 0 Å². The Morgan fingerprint density at radius 2 is 0.860 bits per heavy atom. The maximum atomic E-state index is 9.68. The van der Waals surface area contributed by atoms with Crippen molar-refractivity contribution in [3.63, 3.8) is 0 Å². The summed E-state index contributed by atoms with van der Waals surface area (Å²) in [4.78, 5) is 4.63. The fraction of sp³-hybridized carbons (Fsp3) is 0.0566. The lowest BCUT2D eigenvalue weighted by atomic mass is 9.81. The van der Waals surface area contributed by atoms with Crippen LogP contribution in [0, 0.1) is 22.7 Å². The van der Waals surface area contributed by atoms with Crippen molar-refractivity contribution >= 4 is 66.4 Å². The fourth-order valence-electron chi connectivity index (χ4n) is 8.75. The Bertz CT molecular complexity index is 3130. The zero-order chi connectivity index (χ0) is 38.7. The molecule has 4 heteroatoms. The zero-order valence-corrected chi connectivity index (χ0v) is 31.6.